The van der Waals surface area contributed by atoms with Gasteiger partial charge >= 0.3 is 22.2 Å². The van der Waals surface area contributed by atoms with Gasteiger partial charge in [-0.1, -0.05) is 29.8 Å². The first kappa shape index (κ1) is 25.2. The van der Waals surface area contributed by atoms with Gasteiger partial charge in [0.05, 0.1) is 6.61 Å². The highest BCUT2D eigenvalue weighted by molar-refractivity contribution is 7.87. The Bertz CT molecular complexity index is 1020. The second-order valence-corrected chi connectivity index (χ2v) is 9.70. The molecule has 0 aliphatic carbocycles. The lowest BCUT2D eigenvalue weighted by Gasteiger charge is -2.23. The molecule has 0 heterocycles. The quantitative estimate of drug-likeness (QED) is 0.469. The predicted octanol–water partition coefficient (Wildman–Crippen LogP) is 3.76. The maximum atomic E-state index is 12.4. The molecule has 2 aromatic carbocycles. The normalized spacial score (nSPS) is 12.5. The zero-order valence-electron chi connectivity index (χ0n) is 18.9. The van der Waals surface area contributed by atoms with Crippen molar-refractivity contribution in [2.75, 3.05) is 6.61 Å². The molecule has 0 radical (unpaired) electrons. The van der Waals surface area contributed by atoms with E-state index in [9.17, 15) is 18.0 Å². The molecule has 0 aliphatic rings. The Labute approximate surface area is 189 Å². The molecule has 1 unspecified atom stereocenters. The van der Waals surface area contributed by atoms with Gasteiger partial charge in [-0.15, -0.1) is 0 Å². The smallest absolute Gasteiger partial charge is 0.408 e. The molecule has 174 valence electrons. The number of ether oxygens (including phenoxy) is 2. The molecule has 1 atom stereocenters. The van der Waals surface area contributed by atoms with Crippen molar-refractivity contribution >= 4 is 22.2 Å². The van der Waals surface area contributed by atoms with Crippen LogP contribution in [0.25, 0.3) is 0 Å². The Morgan fingerprint density at radius 3 is 2.12 bits per heavy atom. The van der Waals surface area contributed by atoms with E-state index in [0.29, 0.717) is 5.56 Å². The summed E-state index contributed by atoms with van der Waals surface area (Å²) in [6.45, 7) is 8.84. The van der Waals surface area contributed by atoms with Crippen LogP contribution in [0.1, 0.15) is 38.8 Å². The van der Waals surface area contributed by atoms with Crippen LogP contribution in [-0.2, 0) is 30.8 Å². The first-order chi connectivity index (χ1) is 14.9. The summed E-state index contributed by atoms with van der Waals surface area (Å²) in [5.41, 5.74) is 0.884. The molecule has 0 bridgehead atoms. The third-order valence-corrected chi connectivity index (χ3v) is 5.40. The van der Waals surface area contributed by atoms with Crippen molar-refractivity contribution in [3.05, 3.63) is 59.7 Å². The molecule has 0 saturated heterocycles. The summed E-state index contributed by atoms with van der Waals surface area (Å²) < 4.78 is 40.3. The molecule has 0 aliphatic heterocycles. The average Bonchev–Trinajstić information content (AvgIpc) is 2.68. The number of rotatable bonds is 8. The minimum atomic E-state index is -3.97. The van der Waals surface area contributed by atoms with E-state index in [1.807, 2.05) is 6.92 Å². The number of nitrogens with one attached hydrogen (secondary N) is 1. The van der Waals surface area contributed by atoms with Crippen LogP contribution in [0.4, 0.5) is 4.79 Å². The molecule has 9 heteroatoms. The van der Waals surface area contributed by atoms with E-state index in [1.165, 1.54) is 24.3 Å². The maximum absolute atomic E-state index is 12.4. The lowest BCUT2D eigenvalue weighted by atomic mass is 10.1. The highest BCUT2D eigenvalue weighted by Crippen LogP contribution is 2.20. The van der Waals surface area contributed by atoms with Crippen molar-refractivity contribution < 1.29 is 31.7 Å². The van der Waals surface area contributed by atoms with Crippen LogP contribution in [0.15, 0.2) is 53.4 Å². The number of aryl methyl sites for hydroxylation is 1. The molecule has 1 N–H and O–H groups in total. The van der Waals surface area contributed by atoms with E-state index in [-0.39, 0.29) is 23.7 Å². The predicted molar refractivity (Wildman–Crippen MR) is 119 cm³/mol. The van der Waals surface area contributed by atoms with Gasteiger partial charge in [-0.25, -0.2) is 9.59 Å². The molecule has 32 heavy (non-hydrogen) atoms. The molecule has 2 rings (SSSR count). The van der Waals surface area contributed by atoms with E-state index in [4.69, 9.17) is 13.7 Å². The SMILES string of the molecule is CCOC(=O)C(Cc1ccc(OS(=O)(=O)c2ccc(C)cc2)cc1)NC(=O)OC(C)(C)C. The highest BCUT2D eigenvalue weighted by atomic mass is 32.2. The van der Waals surface area contributed by atoms with Crippen LogP contribution < -0.4 is 9.50 Å². The summed E-state index contributed by atoms with van der Waals surface area (Å²) in [4.78, 5) is 24.4. The van der Waals surface area contributed by atoms with E-state index in [1.54, 1.807) is 52.0 Å². The summed E-state index contributed by atoms with van der Waals surface area (Å²) in [7, 11) is -3.97. The summed E-state index contributed by atoms with van der Waals surface area (Å²) in [6, 6.07) is 11.6. The number of benzene rings is 2. The first-order valence-electron chi connectivity index (χ1n) is 10.2. The number of carbonyl (C=O) groups excluding carboxylic acids is 2. The highest BCUT2D eigenvalue weighted by Gasteiger charge is 2.26. The van der Waals surface area contributed by atoms with E-state index in [2.05, 4.69) is 5.32 Å². The zero-order valence-corrected chi connectivity index (χ0v) is 19.7. The van der Waals surface area contributed by atoms with Gasteiger partial charge in [-0.05, 0) is 64.4 Å². The van der Waals surface area contributed by atoms with Gasteiger partial charge < -0.3 is 19.0 Å². The largest absolute Gasteiger partial charge is 0.464 e. The lowest BCUT2D eigenvalue weighted by Crippen LogP contribution is -2.45. The van der Waals surface area contributed by atoms with E-state index >= 15 is 0 Å². The molecule has 0 fully saturated rings. The molecular weight excluding hydrogens is 434 g/mol. The maximum Gasteiger partial charge on any atom is 0.408 e. The van der Waals surface area contributed by atoms with Crippen LogP contribution >= 0.6 is 0 Å². The Hall–Kier alpha value is -3.07. The number of amides is 1. The number of carbonyl (C=O) groups is 2. The Kier molecular flexibility index (Phi) is 8.26. The van der Waals surface area contributed by atoms with Gasteiger partial charge in [0, 0.05) is 6.42 Å². The molecular formula is C23H29NO7S. The average molecular weight is 464 g/mol. The fourth-order valence-corrected chi connectivity index (χ4v) is 3.61. The van der Waals surface area contributed by atoms with E-state index < -0.39 is 33.8 Å². The molecule has 1 amide bonds. The second kappa shape index (κ2) is 10.5. The van der Waals surface area contributed by atoms with Crippen molar-refractivity contribution in [2.24, 2.45) is 0 Å². The molecule has 0 saturated carbocycles. The Morgan fingerprint density at radius 1 is 1.00 bits per heavy atom. The first-order valence-corrected chi connectivity index (χ1v) is 11.6. The standard InChI is InChI=1S/C23H29NO7S/c1-6-29-21(25)20(24-22(26)30-23(3,4)5)15-17-9-11-18(12-10-17)31-32(27,28)19-13-7-16(2)8-14-19/h7-14,20H,6,15H2,1-5H3,(H,24,26). The van der Waals surface area contributed by atoms with Gasteiger partial charge in [0.25, 0.3) is 0 Å². The van der Waals surface area contributed by atoms with Gasteiger partial charge in [0.2, 0.25) is 0 Å². The summed E-state index contributed by atoms with van der Waals surface area (Å²) in [5, 5.41) is 2.52. The number of alkyl carbamates (subject to hydrolysis) is 1. The number of esters is 1. The monoisotopic (exact) mass is 463 g/mol. The van der Waals surface area contributed by atoms with Crippen molar-refractivity contribution in [3.8, 4) is 5.75 Å². The van der Waals surface area contributed by atoms with Crippen molar-refractivity contribution in [2.45, 2.75) is 57.6 Å². The Balaban J connectivity index is 2.10. The van der Waals surface area contributed by atoms with Crippen LogP contribution in [0.3, 0.4) is 0 Å². The number of hydrogen-bond donors (Lipinski definition) is 1. The molecule has 0 spiro atoms. The second-order valence-electron chi connectivity index (χ2n) is 8.15. The van der Waals surface area contributed by atoms with E-state index in [0.717, 1.165) is 5.56 Å². The fraction of sp³-hybridized carbons (Fsp3) is 0.391. The molecule has 2 aromatic rings. The van der Waals surface area contributed by atoms with Gasteiger partial charge in [0.15, 0.2) is 0 Å². The number of hydrogen-bond acceptors (Lipinski definition) is 7. The van der Waals surface area contributed by atoms with Gasteiger partial charge in [-0.2, -0.15) is 8.42 Å². The van der Waals surface area contributed by atoms with Crippen molar-refractivity contribution in [1.82, 2.24) is 5.32 Å². The Morgan fingerprint density at radius 2 is 1.59 bits per heavy atom. The third kappa shape index (κ3) is 7.88. The summed E-state index contributed by atoms with van der Waals surface area (Å²) in [6.07, 6.45) is -0.608. The molecule has 0 aromatic heterocycles. The van der Waals surface area contributed by atoms with Gasteiger partial charge in [0.1, 0.15) is 22.3 Å². The van der Waals surface area contributed by atoms with Crippen LogP contribution in [-0.4, -0.2) is 38.7 Å². The van der Waals surface area contributed by atoms with Crippen LogP contribution in [0.5, 0.6) is 5.75 Å². The lowest BCUT2D eigenvalue weighted by molar-refractivity contribution is -0.145. The third-order valence-electron chi connectivity index (χ3n) is 4.14. The fourth-order valence-electron chi connectivity index (χ4n) is 2.68. The van der Waals surface area contributed by atoms with Gasteiger partial charge in [-0.3, -0.25) is 0 Å². The summed E-state index contributed by atoms with van der Waals surface area (Å²) in [5.74, 6) is -0.470. The van der Waals surface area contributed by atoms with Crippen LogP contribution in [0, 0.1) is 6.92 Å². The molecule has 8 nitrogen and oxygen atoms in total. The van der Waals surface area contributed by atoms with Crippen molar-refractivity contribution in [3.63, 3.8) is 0 Å². The van der Waals surface area contributed by atoms with Crippen molar-refractivity contribution in [1.29, 1.82) is 0 Å². The summed E-state index contributed by atoms with van der Waals surface area (Å²) >= 11 is 0. The van der Waals surface area contributed by atoms with Crippen LogP contribution in [0.2, 0.25) is 0 Å². The minimum absolute atomic E-state index is 0.0520. The topological polar surface area (TPSA) is 108 Å². The minimum Gasteiger partial charge on any atom is -0.464 e. The zero-order chi connectivity index (χ0) is 23.9.